The molecule has 2 amide bonds. The number of rotatable bonds is 7. The third-order valence-corrected chi connectivity index (χ3v) is 5.56. The number of nitrogens with zero attached hydrogens (tertiary/aromatic N) is 3. The number of carbonyl (C=O) groups is 2. The van der Waals surface area contributed by atoms with Gasteiger partial charge >= 0.3 is 0 Å². The monoisotopic (exact) mass is 394 g/mol. The van der Waals surface area contributed by atoms with Crippen molar-refractivity contribution in [2.75, 3.05) is 25.4 Å². The van der Waals surface area contributed by atoms with Crippen LogP contribution in [0, 0.1) is 0 Å². The van der Waals surface area contributed by atoms with Crippen molar-refractivity contribution in [1.29, 1.82) is 0 Å². The van der Waals surface area contributed by atoms with E-state index in [0.29, 0.717) is 5.02 Å². The molecule has 3 rings (SSSR count). The Bertz CT molecular complexity index is 802. The van der Waals surface area contributed by atoms with E-state index in [-0.39, 0.29) is 24.1 Å². The number of halogens is 1. The minimum absolute atomic E-state index is 0.00582. The molecule has 1 N–H and O–H groups in total. The minimum Gasteiger partial charge on any atom is -0.346 e. The summed E-state index contributed by atoms with van der Waals surface area (Å²) in [5.41, 5.74) is 1.85. The van der Waals surface area contributed by atoms with Crippen molar-refractivity contribution in [3.05, 3.63) is 23.2 Å². The highest BCUT2D eigenvalue weighted by atomic mass is 35.5. The predicted molar refractivity (Wildman–Crippen MR) is 105 cm³/mol. The molecule has 1 aliphatic rings. The summed E-state index contributed by atoms with van der Waals surface area (Å²) in [6, 6.07) is 5.64. The average Bonchev–Trinajstić information content (AvgIpc) is 3.26. The Morgan fingerprint density at radius 3 is 2.81 bits per heavy atom. The van der Waals surface area contributed by atoms with E-state index in [9.17, 15) is 9.59 Å². The fourth-order valence-electron chi connectivity index (χ4n) is 3.06. The first-order chi connectivity index (χ1) is 12.6. The van der Waals surface area contributed by atoms with Crippen LogP contribution < -0.4 is 5.32 Å². The molecule has 2 heterocycles. The summed E-state index contributed by atoms with van der Waals surface area (Å²) in [7, 11) is 0. The van der Waals surface area contributed by atoms with Crippen LogP contribution in [0.25, 0.3) is 11.0 Å². The van der Waals surface area contributed by atoms with Crippen molar-refractivity contribution >= 4 is 46.2 Å². The molecule has 6 nitrogen and oxygen atoms in total. The van der Waals surface area contributed by atoms with E-state index in [0.717, 1.165) is 55.1 Å². The first-order valence-corrected chi connectivity index (χ1v) is 10.3. The van der Waals surface area contributed by atoms with E-state index in [4.69, 9.17) is 11.6 Å². The van der Waals surface area contributed by atoms with Gasteiger partial charge in [-0.3, -0.25) is 9.59 Å². The lowest BCUT2D eigenvalue weighted by atomic mass is 10.3. The fourth-order valence-corrected chi connectivity index (χ4v) is 4.10. The zero-order valence-corrected chi connectivity index (χ0v) is 16.4. The molecule has 0 aliphatic carbocycles. The number of nitrogens with one attached hydrogen (secondary N) is 1. The van der Waals surface area contributed by atoms with Gasteiger partial charge in [-0.25, -0.2) is 4.98 Å². The molecule has 0 atom stereocenters. The average molecular weight is 395 g/mol. The second-order valence-corrected chi connectivity index (χ2v) is 7.71. The number of hydrogen-bond donors (Lipinski definition) is 1. The number of benzene rings is 1. The van der Waals surface area contributed by atoms with E-state index in [1.165, 1.54) is 11.8 Å². The number of carbonyl (C=O) groups excluding carboxylic acids is 2. The predicted octanol–water partition coefficient (Wildman–Crippen LogP) is 2.93. The molecule has 1 aromatic carbocycles. The second kappa shape index (κ2) is 8.77. The minimum atomic E-state index is -0.157. The largest absolute Gasteiger partial charge is 0.346 e. The summed E-state index contributed by atoms with van der Waals surface area (Å²) in [4.78, 5) is 30.5. The van der Waals surface area contributed by atoms with Crippen LogP contribution in [0.5, 0.6) is 0 Å². The quantitative estimate of drug-likeness (QED) is 0.733. The van der Waals surface area contributed by atoms with Gasteiger partial charge in [0.1, 0.15) is 0 Å². The van der Waals surface area contributed by atoms with E-state index in [2.05, 4.69) is 21.8 Å². The SMILES string of the molecule is CCCn1c(SCC(=O)NCC(=O)N2CCCC2)nc2cc(Cl)ccc21. The molecule has 0 saturated carbocycles. The van der Waals surface area contributed by atoms with E-state index in [1.54, 1.807) is 4.90 Å². The van der Waals surface area contributed by atoms with Crippen molar-refractivity contribution in [3.63, 3.8) is 0 Å². The molecule has 0 bridgehead atoms. The molecule has 0 spiro atoms. The number of fused-ring (bicyclic) bond motifs is 1. The lowest BCUT2D eigenvalue weighted by molar-refractivity contribution is -0.131. The maximum absolute atomic E-state index is 12.1. The van der Waals surface area contributed by atoms with Crippen molar-refractivity contribution in [3.8, 4) is 0 Å². The Morgan fingerprint density at radius 1 is 1.31 bits per heavy atom. The molecule has 1 saturated heterocycles. The number of amides is 2. The summed E-state index contributed by atoms with van der Waals surface area (Å²) in [5.74, 6) is 0.0676. The van der Waals surface area contributed by atoms with Gasteiger partial charge in [0.05, 0.1) is 23.3 Å². The molecule has 1 aliphatic heterocycles. The molecule has 2 aromatic rings. The fraction of sp³-hybridized carbons (Fsp3) is 0.500. The standard InChI is InChI=1S/C18H23ClN4O2S/c1-2-7-23-15-6-5-13(19)10-14(15)21-18(23)26-12-16(24)20-11-17(25)22-8-3-4-9-22/h5-6,10H,2-4,7-9,11-12H2,1H3,(H,20,24). The molecule has 8 heteroatoms. The van der Waals surface area contributed by atoms with E-state index < -0.39 is 0 Å². The summed E-state index contributed by atoms with van der Waals surface area (Å²) >= 11 is 7.44. The molecule has 1 aromatic heterocycles. The number of thioether (sulfide) groups is 1. The van der Waals surface area contributed by atoms with Gasteiger partial charge in [0.25, 0.3) is 0 Å². The third kappa shape index (κ3) is 4.51. The maximum atomic E-state index is 12.1. The highest BCUT2D eigenvalue weighted by Gasteiger charge is 2.18. The van der Waals surface area contributed by atoms with Crippen LogP contribution in [0.15, 0.2) is 23.4 Å². The van der Waals surface area contributed by atoms with Crippen LogP contribution in [0.4, 0.5) is 0 Å². The Balaban J connectivity index is 1.58. The molecule has 1 fully saturated rings. The molecule has 0 radical (unpaired) electrons. The highest BCUT2D eigenvalue weighted by Crippen LogP contribution is 2.26. The summed E-state index contributed by atoms with van der Waals surface area (Å²) < 4.78 is 2.11. The zero-order chi connectivity index (χ0) is 18.5. The van der Waals surface area contributed by atoms with Crippen molar-refractivity contribution in [1.82, 2.24) is 19.8 Å². The Labute approximate surface area is 162 Å². The van der Waals surface area contributed by atoms with Crippen LogP contribution in [0.3, 0.4) is 0 Å². The lowest BCUT2D eigenvalue weighted by Crippen LogP contribution is -2.39. The van der Waals surface area contributed by atoms with Crippen LogP contribution >= 0.6 is 23.4 Å². The number of hydrogen-bond acceptors (Lipinski definition) is 4. The Hall–Kier alpha value is -1.73. The van der Waals surface area contributed by atoms with Crippen LogP contribution in [-0.4, -0.2) is 51.7 Å². The molecule has 26 heavy (non-hydrogen) atoms. The third-order valence-electron chi connectivity index (χ3n) is 4.35. The molecule has 140 valence electrons. The van der Waals surface area contributed by atoms with E-state index >= 15 is 0 Å². The van der Waals surface area contributed by atoms with Gasteiger partial charge in [-0.05, 0) is 37.5 Å². The van der Waals surface area contributed by atoms with Crippen molar-refractivity contribution in [2.24, 2.45) is 0 Å². The summed E-state index contributed by atoms with van der Waals surface area (Å²) in [6.45, 7) is 4.60. The van der Waals surface area contributed by atoms with Crippen molar-refractivity contribution < 1.29 is 9.59 Å². The van der Waals surface area contributed by atoms with Crippen LogP contribution in [0.2, 0.25) is 5.02 Å². The van der Waals surface area contributed by atoms with Crippen LogP contribution in [0.1, 0.15) is 26.2 Å². The first-order valence-electron chi connectivity index (χ1n) is 8.91. The van der Waals surface area contributed by atoms with Gasteiger partial charge in [0.2, 0.25) is 11.8 Å². The van der Waals surface area contributed by atoms with Gasteiger partial charge in [0.15, 0.2) is 5.16 Å². The normalized spacial score (nSPS) is 14.2. The Morgan fingerprint density at radius 2 is 2.08 bits per heavy atom. The van der Waals surface area contributed by atoms with Gasteiger partial charge in [-0.2, -0.15) is 0 Å². The van der Waals surface area contributed by atoms with Crippen molar-refractivity contribution in [2.45, 2.75) is 37.9 Å². The molecular formula is C18H23ClN4O2S. The number of likely N-dealkylation sites (tertiary alicyclic amines) is 1. The molecule has 0 unspecified atom stereocenters. The van der Waals surface area contributed by atoms with Gasteiger partial charge in [0, 0.05) is 24.7 Å². The smallest absolute Gasteiger partial charge is 0.241 e. The number of aromatic nitrogens is 2. The van der Waals surface area contributed by atoms with Gasteiger partial charge < -0.3 is 14.8 Å². The van der Waals surface area contributed by atoms with Gasteiger partial charge in [-0.15, -0.1) is 0 Å². The lowest BCUT2D eigenvalue weighted by Gasteiger charge is -2.15. The zero-order valence-electron chi connectivity index (χ0n) is 14.8. The second-order valence-electron chi connectivity index (χ2n) is 6.33. The first kappa shape index (κ1) is 19.0. The maximum Gasteiger partial charge on any atom is 0.241 e. The van der Waals surface area contributed by atoms with E-state index in [1.807, 2.05) is 18.2 Å². The van der Waals surface area contributed by atoms with Crippen LogP contribution in [-0.2, 0) is 16.1 Å². The highest BCUT2D eigenvalue weighted by molar-refractivity contribution is 7.99. The number of aryl methyl sites for hydroxylation is 1. The van der Waals surface area contributed by atoms with Gasteiger partial charge in [-0.1, -0.05) is 30.3 Å². The topological polar surface area (TPSA) is 67.2 Å². The molecular weight excluding hydrogens is 372 g/mol. The summed E-state index contributed by atoms with van der Waals surface area (Å²) in [6.07, 6.45) is 3.07. The number of imidazole rings is 1. The Kier molecular flexibility index (Phi) is 6.43. The summed E-state index contributed by atoms with van der Waals surface area (Å²) in [5, 5.41) is 4.16.